The zero-order valence-electron chi connectivity index (χ0n) is 12.2. The number of sulfonamides is 1. The van der Waals surface area contributed by atoms with Crippen LogP contribution in [0.4, 0.5) is 10.1 Å². The molecule has 0 spiro atoms. The molecule has 2 unspecified atom stereocenters. The van der Waals surface area contributed by atoms with Crippen molar-refractivity contribution in [1.82, 2.24) is 4.31 Å². The molecule has 3 N–H and O–H groups in total. The van der Waals surface area contributed by atoms with Crippen LogP contribution in [0.15, 0.2) is 17.0 Å². The molecule has 0 amide bonds. The molecule has 0 aliphatic heterocycles. The normalized spacial score (nSPS) is 23.5. The first-order valence-corrected chi connectivity index (χ1v) is 8.41. The highest BCUT2D eigenvalue weighted by Gasteiger charge is 2.34. The first kappa shape index (κ1) is 16.2. The van der Waals surface area contributed by atoms with E-state index in [1.54, 1.807) is 0 Å². The zero-order chi connectivity index (χ0) is 15.8. The number of nitrogens with two attached hydrogens (primary N) is 1. The lowest BCUT2D eigenvalue weighted by Gasteiger charge is -2.34. The van der Waals surface area contributed by atoms with E-state index in [4.69, 9.17) is 5.73 Å². The van der Waals surface area contributed by atoms with Crippen LogP contribution < -0.4 is 5.73 Å². The topological polar surface area (TPSA) is 83.6 Å². The molecule has 1 fully saturated rings. The Kier molecular flexibility index (Phi) is 4.55. The van der Waals surface area contributed by atoms with Gasteiger partial charge in [0, 0.05) is 7.05 Å². The van der Waals surface area contributed by atoms with Crippen LogP contribution in [0.2, 0.25) is 0 Å². The average molecular weight is 316 g/mol. The van der Waals surface area contributed by atoms with E-state index in [1.807, 2.05) is 0 Å². The summed E-state index contributed by atoms with van der Waals surface area (Å²) in [5, 5.41) is 10.0. The predicted octanol–water partition coefficient (Wildman–Crippen LogP) is 1.64. The number of halogens is 1. The summed E-state index contributed by atoms with van der Waals surface area (Å²) < 4.78 is 40.0. The zero-order valence-corrected chi connectivity index (χ0v) is 13.0. The Morgan fingerprint density at radius 3 is 2.52 bits per heavy atom. The summed E-state index contributed by atoms with van der Waals surface area (Å²) in [6, 6.07) is 1.95. The standard InChI is InChI=1S/C14H21FN2O3S/c1-9-7-10(8-11(16)14(9)15)21(19,20)17(2)12-5-3-4-6-13(12)18/h7-8,12-13,18H,3-6,16H2,1-2H3. The molecule has 7 heteroatoms. The largest absolute Gasteiger partial charge is 0.396 e. The van der Waals surface area contributed by atoms with Gasteiger partial charge in [0.05, 0.1) is 22.7 Å². The molecule has 1 aliphatic rings. The fourth-order valence-electron chi connectivity index (χ4n) is 2.77. The van der Waals surface area contributed by atoms with Gasteiger partial charge in [0.2, 0.25) is 10.0 Å². The lowest BCUT2D eigenvalue weighted by molar-refractivity contribution is 0.0638. The summed E-state index contributed by atoms with van der Waals surface area (Å²) in [4.78, 5) is -0.0424. The van der Waals surface area contributed by atoms with Crippen molar-refractivity contribution >= 4 is 15.7 Å². The van der Waals surface area contributed by atoms with Crippen LogP contribution in [0.1, 0.15) is 31.2 Å². The number of nitrogens with zero attached hydrogens (tertiary/aromatic N) is 1. The minimum Gasteiger partial charge on any atom is -0.396 e. The fourth-order valence-corrected chi connectivity index (χ4v) is 4.31. The van der Waals surface area contributed by atoms with Gasteiger partial charge in [-0.25, -0.2) is 12.8 Å². The molecule has 118 valence electrons. The third-order valence-corrected chi connectivity index (χ3v) is 5.95. The summed E-state index contributed by atoms with van der Waals surface area (Å²) >= 11 is 0. The van der Waals surface area contributed by atoms with Crippen LogP contribution in [-0.4, -0.2) is 37.0 Å². The van der Waals surface area contributed by atoms with Crippen LogP contribution >= 0.6 is 0 Å². The van der Waals surface area contributed by atoms with Gasteiger partial charge in [-0.15, -0.1) is 0 Å². The summed E-state index contributed by atoms with van der Waals surface area (Å²) in [5.74, 6) is -0.602. The molecule has 0 heterocycles. The van der Waals surface area contributed by atoms with Crippen molar-refractivity contribution in [2.45, 2.75) is 49.6 Å². The lowest BCUT2D eigenvalue weighted by atomic mass is 9.93. The number of hydrogen-bond donors (Lipinski definition) is 2. The third-order valence-electron chi connectivity index (χ3n) is 4.09. The Balaban J connectivity index is 2.37. The van der Waals surface area contributed by atoms with Gasteiger partial charge in [-0.2, -0.15) is 4.31 Å². The molecule has 2 rings (SSSR count). The maximum absolute atomic E-state index is 13.5. The van der Waals surface area contributed by atoms with Crippen molar-refractivity contribution in [2.75, 3.05) is 12.8 Å². The molecule has 1 aromatic rings. The second-order valence-electron chi connectivity index (χ2n) is 5.58. The highest BCUT2D eigenvalue weighted by atomic mass is 32.2. The number of hydrogen-bond acceptors (Lipinski definition) is 4. The van der Waals surface area contributed by atoms with Crippen molar-refractivity contribution in [2.24, 2.45) is 0 Å². The molecule has 21 heavy (non-hydrogen) atoms. The molecule has 0 aromatic heterocycles. The molecule has 1 saturated carbocycles. The van der Waals surface area contributed by atoms with Gasteiger partial charge in [-0.05, 0) is 37.5 Å². The van der Waals surface area contributed by atoms with Gasteiger partial charge in [-0.3, -0.25) is 0 Å². The SMILES string of the molecule is Cc1cc(S(=O)(=O)N(C)C2CCCCC2O)cc(N)c1F. The van der Waals surface area contributed by atoms with Crippen molar-refractivity contribution in [1.29, 1.82) is 0 Å². The highest BCUT2D eigenvalue weighted by molar-refractivity contribution is 7.89. The Labute approximate surface area is 124 Å². The summed E-state index contributed by atoms with van der Waals surface area (Å²) in [5.41, 5.74) is 5.51. The number of aliphatic hydroxyl groups is 1. The Bertz CT molecular complexity index is 610. The highest BCUT2D eigenvalue weighted by Crippen LogP contribution is 2.29. The summed E-state index contributed by atoms with van der Waals surface area (Å²) in [7, 11) is -2.36. The van der Waals surface area contributed by atoms with Crippen LogP contribution in [0.5, 0.6) is 0 Å². The quantitative estimate of drug-likeness (QED) is 0.830. The average Bonchev–Trinajstić information content (AvgIpc) is 2.44. The van der Waals surface area contributed by atoms with Crippen molar-refractivity contribution in [3.8, 4) is 0 Å². The number of anilines is 1. The lowest BCUT2D eigenvalue weighted by Crippen LogP contribution is -2.46. The molecule has 0 radical (unpaired) electrons. The van der Waals surface area contributed by atoms with E-state index in [1.165, 1.54) is 24.3 Å². The molecule has 5 nitrogen and oxygen atoms in total. The van der Waals surface area contributed by atoms with E-state index in [2.05, 4.69) is 0 Å². The van der Waals surface area contributed by atoms with E-state index in [0.717, 1.165) is 18.9 Å². The second-order valence-corrected chi connectivity index (χ2v) is 7.58. The van der Waals surface area contributed by atoms with Crippen LogP contribution in [0, 0.1) is 12.7 Å². The molecule has 1 aromatic carbocycles. The van der Waals surface area contributed by atoms with Gasteiger partial charge in [-0.1, -0.05) is 12.8 Å². The van der Waals surface area contributed by atoms with Crippen LogP contribution in [0.3, 0.4) is 0 Å². The van der Waals surface area contributed by atoms with Gasteiger partial charge in [0.1, 0.15) is 5.82 Å². The Morgan fingerprint density at radius 2 is 1.95 bits per heavy atom. The first-order chi connectivity index (χ1) is 9.75. The predicted molar refractivity (Wildman–Crippen MR) is 78.8 cm³/mol. The smallest absolute Gasteiger partial charge is 0.243 e. The van der Waals surface area contributed by atoms with Crippen LogP contribution in [-0.2, 0) is 10.0 Å². The van der Waals surface area contributed by atoms with Crippen molar-refractivity contribution < 1.29 is 17.9 Å². The van der Waals surface area contributed by atoms with E-state index in [0.29, 0.717) is 12.8 Å². The molecular formula is C14H21FN2O3S. The Morgan fingerprint density at radius 1 is 1.33 bits per heavy atom. The number of nitrogen functional groups attached to an aromatic ring is 1. The monoisotopic (exact) mass is 316 g/mol. The van der Waals surface area contributed by atoms with Gasteiger partial charge < -0.3 is 10.8 Å². The molecular weight excluding hydrogens is 295 g/mol. The van der Waals surface area contributed by atoms with E-state index in [9.17, 15) is 17.9 Å². The minimum absolute atomic E-state index is 0.0424. The number of aliphatic hydroxyl groups excluding tert-OH is 1. The minimum atomic E-state index is -3.81. The maximum Gasteiger partial charge on any atom is 0.243 e. The Hall–Kier alpha value is -1.18. The number of benzene rings is 1. The number of likely N-dealkylation sites (N-methyl/N-ethyl adjacent to an activating group) is 1. The van der Waals surface area contributed by atoms with Gasteiger partial charge in [0.15, 0.2) is 0 Å². The molecule has 1 aliphatic carbocycles. The van der Waals surface area contributed by atoms with Crippen molar-refractivity contribution in [3.63, 3.8) is 0 Å². The number of aryl methyl sites for hydroxylation is 1. The summed E-state index contributed by atoms with van der Waals surface area (Å²) in [6.45, 7) is 1.47. The number of rotatable bonds is 3. The van der Waals surface area contributed by atoms with E-state index in [-0.39, 0.29) is 16.1 Å². The van der Waals surface area contributed by atoms with E-state index < -0.39 is 28.0 Å². The molecule has 2 atom stereocenters. The molecule has 0 saturated heterocycles. The van der Waals surface area contributed by atoms with Crippen LogP contribution in [0.25, 0.3) is 0 Å². The third kappa shape index (κ3) is 3.04. The van der Waals surface area contributed by atoms with Crippen molar-refractivity contribution in [3.05, 3.63) is 23.5 Å². The van der Waals surface area contributed by atoms with Gasteiger partial charge >= 0.3 is 0 Å². The second kappa shape index (κ2) is 5.90. The van der Waals surface area contributed by atoms with E-state index >= 15 is 0 Å². The maximum atomic E-state index is 13.5. The molecule has 0 bridgehead atoms. The van der Waals surface area contributed by atoms with Gasteiger partial charge in [0.25, 0.3) is 0 Å². The first-order valence-electron chi connectivity index (χ1n) is 6.97. The summed E-state index contributed by atoms with van der Waals surface area (Å²) in [6.07, 6.45) is 2.32. The fraction of sp³-hybridized carbons (Fsp3) is 0.571.